The molecule has 0 aliphatic carbocycles. The van der Waals surface area contributed by atoms with E-state index in [4.69, 9.17) is 0 Å². The molecule has 0 radical (unpaired) electrons. The van der Waals surface area contributed by atoms with Crippen LogP contribution in [0, 0.1) is 116 Å². The second-order valence-corrected chi connectivity index (χ2v) is 22.0. The van der Waals surface area contributed by atoms with Gasteiger partial charge in [-0.3, -0.25) is 0 Å². The molecule has 474 valence electrons. The van der Waals surface area contributed by atoms with E-state index in [-0.39, 0.29) is 0 Å². The van der Waals surface area contributed by atoms with Crippen LogP contribution in [0.2, 0.25) is 0 Å². The zero-order chi connectivity index (χ0) is 63.1. The molecule has 5 aromatic rings. The van der Waals surface area contributed by atoms with Crippen LogP contribution in [0.15, 0.2) is 24.3 Å². The summed E-state index contributed by atoms with van der Waals surface area (Å²) in [5, 5.41) is 0. The molecule has 0 aliphatic rings. The number of rotatable bonds is 35. The van der Waals surface area contributed by atoms with Crippen molar-refractivity contribution >= 4 is 33.7 Å². The lowest BCUT2D eigenvalue weighted by Gasteiger charge is -2.44. The van der Waals surface area contributed by atoms with E-state index in [0.29, 0.717) is 0 Å². The van der Waals surface area contributed by atoms with Gasteiger partial charge in [0.1, 0.15) is 58.4 Å². The maximum Gasteiger partial charge on any atom is 0.200 e. The Kier molecular flexibility index (Phi) is 30.2. The fraction of sp³-hybridized carbons (Fsp3) is 0.524. The van der Waals surface area contributed by atoms with Crippen molar-refractivity contribution in [3.8, 4) is 0 Å². The highest BCUT2D eigenvalue weighted by Crippen LogP contribution is 2.31. The van der Waals surface area contributed by atoms with E-state index in [1.54, 1.807) is 4.90 Å². The van der Waals surface area contributed by atoms with Crippen LogP contribution in [0.1, 0.15) is 199 Å². The van der Waals surface area contributed by atoms with Gasteiger partial charge in [-0.05, 0) is 43.4 Å². The van der Waals surface area contributed by atoms with Crippen LogP contribution in [0.25, 0.3) is 0 Å². The highest BCUT2D eigenvalue weighted by molar-refractivity contribution is 7.20. The minimum absolute atomic E-state index is 1.26. The summed E-state index contributed by atoms with van der Waals surface area (Å²) < 4.78 is 294. The van der Waals surface area contributed by atoms with Crippen LogP contribution in [-0.4, -0.2) is 19.7 Å². The second kappa shape index (κ2) is 35.5. The Bertz CT molecular complexity index is 2530. The predicted octanol–water partition coefficient (Wildman–Crippen LogP) is 18.2. The van der Waals surface area contributed by atoms with Gasteiger partial charge in [0.2, 0.25) is 0 Å². The van der Waals surface area contributed by atoms with E-state index in [1.807, 2.05) is 0 Å². The zero-order valence-corrected chi connectivity index (χ0v) is 48.2. The number of halogens is 20. The molecule has 0 saturated carbocycles. The molecule has 0 fully saturated rings. The van der Waals surface area contributed by atoms with E-state index in [9.17, 15) is 52.7 Å². The van der Waals surface area contributed by atoms with Crippen LogP contribution < -0.4 is 26.8 Å². The summed E-state index contributed by atoms with van der Waals surface area (Å²) >= 11 is 0. The number of quaternary nitrogens is 1. The lowest BCUT2D eigenvalue weighted by molar-refractivity contribution is -0.810. The van der Waals surface area contributed by atoms with E-state index in [1.165, 1.54) is 204 Å². The molecule has 1 unspecified atom stereocenters. The maximum absolute atomic E-state index is 15.4. The van der Waals surface area contributed by atoms with Crippen LogP contribution in [0.3, 0.4) is 0 Å². The summed E-state index contributed by atoms with van der Waals surface area (Å²) in [4.78, 5) is 1.59. The van der Waals surface area contributed by atoms with Crippen molar-refractivity contribution in [2.75, 3.05) is 13.6 Å². The number of hydrogen-bond donors (Lipinski definition) is 1. The molecule has 0 bridgehead atoms. The first-order valence-electron chi connectivity index (χ1n) is 29.6. The minimum Gasteiger partial charge on any atom is -0.305 e. The predicted molar refractivity (Wildman–Crippen MR) is 291 cm³/mol. The Hall–Kier alpha value is -5.28. The molecule has 1 nitrogen and oxygen atoms in total. The van der Waals surface area contributed by atoms with E-state index >= 15 is 35.1 Å². The first-order chi connectivity index (χ1) is 40.5. The Morgan fingerprint density at radius 2 is 0.435 bits per heavy atom. The van der Waals surface area contributed by atoms with Gasteiger partial charge in [0.25, 0.3) is 0 Å². The molecule has 22 heteroatoms. The molecule has 1 N–H and O–H groups in total. The molecule has 0 spiro atoms. The minimum atomic E-state index is -7.22. The topological polar surface area (TPSA) is 4.44 Å². The Labute approximate surface area is 484 Å². The second-order valence-electron chi connectivity index (χ2n) is 22.0. The highest BCUT2D eigenvalue weighted by Gasteiger charge is 2.52. The van der Waals surface area contributed by atoms with Crippen molar-refractivity contribution in [1.82, 2.24) is 0 Å². The van der Waals surface area contributed by atoms with Gasteiger partial charge in [-0.2, -0.15) is 0 Å². The molecular formula is C63H74BF20N. The van der Waals surface area contributed by atoms with Crippen LogP contribution >= 0.6 is 0 Å². The van der Waals surface area contributed by atoms with Gasteiger partial charge >= 0.3 is 0 Å². The Balaban J connectivity index is 0.000000368. The molecule has 0 saturated heterocycles. The lowest BCUT2D eigenvalue weighted by atomic mass is 9.12. The number of nitrogens with one attached hydrogen (secondary N) is 1. The Morgan fingerprint density at radius 1 is 0.247 bits per heavy atom. The van der Waals surface area contributed by atoms with Gasteiger partial charge in [0.05, 0.1) is 13.6 Å². The Morgan fingerprint density at radius 3 is 0.659 bits per heavy atom. The quantitative estimate of drug-likeness (QED) is 0.0136. The number of hydrogen-bond acceptors (Lipinski definition) is 0. The molecule has 5 aromatic carbocycles. The summed E-state index contributed by atoms with van der Waals surface area (Å²) in [6.07, 6.45) is 34.4. The molecule has 0 aliphatic heterocycles. The lowest BCUT2D eigenvalue weighted by Crippen LogP contribution is -3.03. The van der Waals surface area contributed by atoms with E-state index in [0.717, 1.165) is 0 Å². The first-order valence-corrected chi connectivity index (χ1v) is 29.6. The van der Waals surface area contributed by atoms with Crippen molar-refractivity contribution in [2.45, 2.75) is 200 Å². The summed E-state index contributed by atoms with van der Waals surface area (Å²) in [7, 11) is 2.35. The van der Waals surface area contributed by atoms with Gasteiger partial charge in [-0.15, -0.1) is 21.9 Å². The fourth-order valence-electron chi connectivity index (χ4n) is 11.1. The monoisotopic (exact) mass is 1240 g/mol. The third kappa shape index (κ3) is 17.9. The van der Waals surface area contributed by atoms with Crippen LogP contribution in [0.4, 0.5) is 93.5 Å². The molecular weight excluding hydrogens is 1160 g/mol. The van der Waals surface area contributed by atoms with Crippen LogP contribution in [0.5, 0.6) is 0 Å². The average Bonchev–Trinajstić information content (AvgIpc) is 0.715. The molecule has 0 heterocycles. The normalized spacial score (nSPS) is 12.1. The summed E-state index contributed by atoms with van der Waals surface area (Å²) in [6, 6.07) is 9.56. The van der Waals surface area contributed by atoms with Crippen molar-refractivity contribution in [3.05, 3.63) is 146 Å². The molecule has 85 heavy (non-hydrogen) atoms. The average molecular weight is 1240 g/mol. The smallest absolute Gasteiger partial charge is 0.200 e. The fourth-order valence-corrected chi connectivity index (χ4v) is 11.1. The third-order valence-corrected chi connectivity index (χ3v) is 15.9. The maximum atomic E-state index is 15.4. The number of benzene rings is 5. The van der Waals surface area contributed by atoms with Crippen molar-refractivity contribution in [3.63, 3.8) is 0 Å². The summed E-state index contributed by atoms with van der Waals surface area (Å²) in [5.41, 5.74) is -11.3. The van der Waals surface area contributed by atoms with Crippen molar-refractivity contribution in [2.24, 2.45) is 0 Å². The van der Waals surface area contributed by atoms with Gasteiger partial charge in [-0.25, -0.2) is 87.8 Å². The largest absolute Gasteiger partial charge is 0.305 e. The molecule has 0 amide bonds. The number of unbranched alkanes of at least 4 members (excludes halogenated alkanes) is 26. The summed E-state index contributed by atoms with van der Waals surface area (Å²) in [5.74, 6) is -71.4. The summed E-state index contributed by atoms with van der Waals surface area (Å²) in [6.45, 7) is 5.88. The van der Waals surface area contributed by atoms with Gasteiger partial charge in [-0.1, -0.05) is 187 Å². The van der Waals surface area contributed by atoms with E-state index in [2.05, 4.69) is 45.2 Å². The van der Waals surface area contributed by atoms with Crippen molar-refractivity contribution < 1.29 is 92.7 Å². The van der Waals surface area contributed by atoms with Crippen molar-refractivity contribution in [1.29, 1.82) is 0 Å². The zero-order valence-electron chi connectivity index (χ0n) is 48.2. The van der Waals surface area contributed by atoms with Crippen LogP contribution in [-0.2, 0) is 6.42 Å². The molecule has 0 aromatic heterocycles. The van der Waals surface area contributed by atoms with E-state index < -0.39 is 144 Å². The van der Waals surface area contributed by atoms with Gasteiger partial charge < -0.3 is 4.90 Å². The standard InChI is InChI=1S/C39H73N.C24BF20/c1-4-6-8-10-12-14-16-18-19-20-21-23-25-27-29-31-37-40(3)39-35-33-38(34-36-39)32-30-28-26-24-22-17-15-13-11-9-7-5-2;26-5-1(6(27)14(35)21(42)13(5)34)25(2-7(28)15(36)22(43)16(37)8(2)29,3-9(30)17(38)23(44)18(39)10(3)31)4-11(32)19(40)24(45)20(41)12(4)33/h33-36H,4-32,37H2,1-3H3;/q;-1/p+1. The first kappa shape index (κ1) is 72.2. The highest BCUT2D eigenvalue weighted by atomic mass is 19.2. The molecule has 5 rings (SSSR count). The third-order valence-electron chi connectivity index (χ3n) is 15.9. The van der Waals surface area contributed by atoms with Gasteiger partial charge in [0.15, 0.2) is 69.8 Å². The number of aryl methyl sites for hydroxylation is 1. The SMILES string of the molecule is CCCCCCCCCCCCCCCCCC[NH+](C)c1ccc(CCCCCCCCCCCCCC)cc1.Fc1c(F)c(F)c([B-](c2c(F)c(F)c(F)c(F)c2F)(c2c(F)c(F)c(F)c(F)c2F)c2c(F)c(F)c(F)c(F)c2F)c(F)c1F. The van der Waals surface area contributed by atoms with Gasteiger partial charge in [0, 0.05) is 0 Å². The molecule has 1 atom stereocenters.